The molecule has 0 aliphatic carbocycles. The summed E-state index contributed by atoms with van der Waals surface area (Å²) in [6.07, 6.45) is 3.76. The van der Waals surface area contributed by atoms with E-state index in [-0.39, 0.29) is 0 Å². The second-order valence-electron chi connectivity index (χ2n) is 4.77. The van der Waals surface area contributed by atoms with Gasteiger partial charge >= 0.3 is 0 Å². The fourth-order valence-corrected chi connectivity index (χ4v) is 2.44. The zero-order valence-electron chi connectivity index (χ0n) is 11.3. The third-order valence-corrected chi connectivity index (χ3v) is 3.61. The number of nitrogen functional groups attached to an aromatic ring is 1. The average molecular weight is 343 g/mol. The van der Waals surface area contributed by atoms with Gasteiger partial charge in [0, 0.05) is 10.7 Å². The molecule has 3 rings (SSSR count). The Morgan fingerprint density at radius 1 is 1.14 bits per heavy atom. The van der Waals surface area contributed by atoms with Crippen LogP contribution in [0.4, 0.5) is 17.1 Å². The molecule has 106 valence electrons. The predicted molar refractivity (Wildman–Crippen MR) is 89.6 cm³/mol. The van der Waals surface area contributed by atoms with Crippen molar-refractivity contribution < 1.29 is 0 Å². The molecule has 0 saturated heterocycles. The number of aromatic nitrogens is 2. The second-order valence-corrected chi connectivity index (χ2v) is 5.68. The van der Waals surface area contributed by atoms with Crippen molar-refractivity contribution in [2.75, 3.05) is 11.1 Å². The van der Waals surface area contributed by atoms with E-state index in [1.165, 1.54) is 5.56 Å². The van der Waals surface area contributed by atoms with Gasteiger partial charge in [0.25, 0.3) is 0 Å². The quantitative estimate of drug-likeness (QED) is 0.704. The highest BCUT2D eigenvalue weighted by atomic mass is 79.9. The molecule has 0 radical (unpaired) electrons. The lowest BCUT2D eigenvalue weighted by Gasteiger charge is -2.07. The molecule has 0 saturated carbocycles. The fourth-order valence-electron chi connectivity index (χ4n) is 2.08. The van der Waals surface area contributed by atoms with Gasteiger partial charge < -0.3 is 11.1 Å². The van der Waals surface area contributed by atoms with Crippen LogP contribution in [0.2, 0.25) is 0 Å². The molecule has 4 nitrogen and oxygen atoms in total. The molecular formula is C16H15BrN4. The Morgan fingerprint density at radius 2 is 1.95 bits per heavy atom. The molecule has 0 unspecified atom stereocenters. The van der Waals surface area contributed by atoms with E-state index >= 15 is 0 Å². The maximum atomic E-state index is 5.96. The van der Waals surface area contributed by atoms with E-state index < -0.39 is 0 Å². The van der Waals surface area contributed by atoms with Gasteiger partial charge in [0.1, 0.15) is 0 Å². The number of hydrogen-bond acceptors (Lipinski definition) is 3. The molecule has 0 bridgehead atoms. The highest BCUT2D eigenvalue weighted by Gasteiger charge is 2.03. The molecule has 3 N–H and O–H groups in total. The van der Waals surface area contributed by atoms with Crippen LogP contribution in [0.15, 0.2) is 65.4 Å². The van der Waals surface area contributed by atoms with Crippen LogP contribution in [0.1, 0.15) is 5.56 Å². The minimum absolute atomic E-state index is 0.703. The maximum Gasteiger partial charge on any atom is 0.0771 e. The summed E-state index contributed by atoms with van der Waals surface area (Å²) in [6, 6.07) is 16.0. The molecule has 0 amide bonds. The largest absolute Gasteiger partial charge is 0.397 e. The number of rotatable bonds is 4. The Hall–Kier alpha value is -2.27. The number of nitrogens with zero attached hydrogens (tertiary/aromatic N) is 2. The van der Waals surface area contributed by atoms with Crippen molar-refractivity contribution in [2.24, 2.45) is 0 Å². The summed E-state index contributed by atoms with van der Waals surface area (Å²) >= 11 is 3.44. The number of benzene rings is 2. The van der Waals surface area contributed by atoms with Gasteiger partial charge in [0.15, 0.2) is 0 Å². The topological polar surface area (TPSA) is 55.9 Å². The van der Waals surface area contributed by atoms with Crippen LogP contribution in [-0.4, -0.2) is 9.78 Å². The van der Waals surface area contributed by atoms with Gasteiger partial charge in [-0.15, -0.1) is 0 Å². The summed E-state index contributed by atoms with van der Waals surface area (Å²) < 4.78 is 2.88. The maximum absolute atomic E-state index is 5.96. The standard InChI is InChI=1S/C16H15BrN4/c17-13-6-7-15(18)16(8-13)20-14-9-19-21(11-14)10-12-4-2-1-3-5-12/h1-9,11,20H,10,18H2. The summed E-state index contributed by atoms with van der Waals surface area (Å²) in [5, 5.41) is 7.64. The molecule has 0 aliphatic heterocycles. The number of halogens is 1. The van der Waals surface area contributed by atoms with E-state index in [1.807, 2.05) is 47.3 Å². The normalized spacial score (nSPS) is 10.5. The molecule has 0 spiro atoms. The van der Waals surface area contributed by atoms with Crippen molar-refractivity contribution in [1.82, 2.24) is 9.78 Å². The van der Waals surface area contributed by atoms with Crippen LogP contribution in [0.5, 0.6) is 0 Å². The Labute approximate surface area is 131 Å². The van der Waals surface area contributed by atoms with Crippen LogP contribution in [0.25, 0.3) is 0 Å². The average Bonchev–Trinajstić information content (AvgIpc) is 2.91. The van der Waals surface area contributed by atoms with Crippen LogP contribution in [0.3, 0.4) is 0 Å². The van der Waals surface area contributed by atoms with Crippen molar-refractivity contribution in [3.8, 4) is 0 Å². The number of nitrogens with two attached hydrogens (primary N) is 1. The van der Waals surface area contributed by atoms with Gasteiger partial charge in [-0.2, -0.15) is 5.10 Å². The molecule has 1 heterocycles. The Morgan fingerprint density at radius 3 is 2.76 bits per heavy atom. The van der Waals surface area contributed by atoms with Crippen LogP contribution in [0, 0.1) is 0 Å². The zero-order chi connectivity index (χ0) is 14.7. The van der Waals surface area contributed by atoms with Crippen molar-refractivity contribution >= 4 is 33.0 Å². The monoisotopic (exact) mass is 342 g/mol. The van der Waals surface area contributed by atoms with E-state index in [9.17, 15) is 0 Å². The molecule has 3 aromatic rings. The first-order valence-corrected chi connectivity index (χ1v) is 7.38. The number of hydrogen-bond donors (Lipinski definition) is 2. The molecule has 0 atom stereocenters. The molecule has 0 aliphatic rings. The van der Waals surface area contributed by atoms with Crippen LogP contribution >= 0.6 is 15.9 Å². The molecule has 1 aromatic heterocycles. The third kappa shape index (κ3) is 3.44. The summed E-state index contributed by atoms with van der Waals surface area (Å²) in [7, 11) is 0. The van der Waals surface area contributed by atoms with Gasteiger partial charge in [-0.05, 0) is 23.8 Å². The van der Waals surface area contributed by atoms with E-state index in [2.05, 4.69) is 38.5 Å². The van der Waals surface area contributed by atoms with E-state index in [4.69, 9.17) is 5.73 Å². The Bertz CT molecular complexity index is 737. The van der Waals surface area contributed by atoms with E-state index in [0.29, 0.717) is 5.69 Å². The third-order valence-electron chi connectivity index (χ3n) is 3.11. The lowest BCUT2D eigenvalue weighted by Crippen LogP contribution is -1.99. The van der Waals surface area contributed by atoms with Gasteiger partial charge in [-0.1, -0.05) is 46.3 Å². The van der Waals surface area contributed by atoms with Gasteiger partial charge in [0.05, 0.1) is 29.8 Å². The summed E-state index contributed by atoms with van der Waals surface area (Å²) in [6.45, 7) is 0.747. The van der Waals surface area contributed by atoms with Crippen molar-refractivity contribution in [3.05, 3.63) is 71.0 Å². The Kier molecular flexibility index (Phi) is 3.92. The first kappa shape index (κ1) is 13.7. The Balaban J connectivity index is 1.75. The second kappa shape index (κ2) is 6.01. The molecule has 2 aromatic carbocycles. The summed E-state index contributed by atoms with van der Waals surface area (Å²) in [5.41, 5.74) is 9.65. The first-order valence-electron chi connectivity index (χ1n) is 6.59. The number of nitrogens with one attached hydrogen (secondary N) is 1. The lowest BCUT2D eigenvalue weighted by molar-refractivity contribution is 0.687. The minimum Gasteiger partial charge on any atom is -0.397 e. The summed E-state index contributed by atoms with van der Waals surface area (Å²) in [4.78, 5) is 0. The van der Waals surface area contributed by atoms with Gasteiger partial charge in [-0.3, -0.25) is 4.68 Å². The van der Waals surface area contributed by atoms with Crippen molar-refractivity contribution in [3.63, 3.8) is 0 Å². The number of anilines is 3. The molecule has 5 heteroatoms. The molecule has 0 fully saturated rings. The highest BCUT2D eigenvalue weighted by Crippen LogP contribution is 2.26. The highest BCUT2D eigenvalue weighted by molar-refractivity contribution is 9.10. The van der Waals surface area contributed by atoms with Crippen LogP contribution < -0.4 is 11.1 Å². The van der Waals surface area contributed by atoms with E-state index in [0.717, 1.165) is 22.4 Å². The smallest absolute Gasteiger partial charge is 0.0771 e. The SMILES string of the molecule is Nc1ccc(Br)cc1Nc1cnn(Cc2ccccc2)c1. The van der Waals surface area contributed by atoms with Crippen molar-refractivity contribution in [2.45, 2.75) is 6.54 Å². The summed E-state index contributed by atoms with van der Waals surface area (Å²) in [5.74, 6) is 0. The van der Waals surface area contributed by atoms with Crippen LogP contribution in [-0.2, 0) is 6.54 Å². The molecular weight excluding hydrogens is 328 g/mol. The molecule has 21 heavy (non-hydrogen) atoms. The lowest BCUT2D eigenvalue weighted by atomic mass is 10.2. The zero-order valence-corrected chi connectivity index (χ0v) is 12.9. The first-order chi connectivity index (χ1) is 10.2. The fraction of sp³-hybridized carbons (Fsp3) is 0.0625. The van der Waals surface area contributed by atoms with E-state index in [1.54, 1.807) is 6.20 Å². The van der Waals surface area contributed by atoms with Gasteiger partial charge in [0.2, 0.25) is 0 Å². The predicted octanol–water partition coefficient (Wildman–Crippen LogP) is 4.02. The van der Waals surface area contributed by atoms with Gasteiger partial charge in [-0.25, -0.2) is 0 Å². The minimum atomic E-state index is 0.703. The van der Waals surface area contributed by atoms with Crippen molar-refractivity contribution in [1.29, 1.82) is 0 Å².